The van der Waals surface area contributed by atoms with Crippen LogP contribution < -0.4 is 19.5 Å². The Bertz CT molecular complexity index is 1180. The quantitative estimate of drug-likeness (QED) is 0.492. The molecule has 0 fully saturated rings. The van der Waals surface area contributed by atoms with Crippen LogP contribution in [0.15, 0.2) is 68.7 Å². The Kier molecular flexibility index (Phi) is 6.61. The minimum atomic E-state index is -3.88. The number of fused-ring (bicyclic) bond motifs is 1. The summed E-state index contributed by atoms with van der Waals surface area (Å²) in [6.07, 6.45) is 0.197. The van der Waals surface area contributed by atoms with Crippen molar-refractivity contribution in [2.24, 2.45) is 0 Å². The molecule has 1 aromatic heterocycles. The van der Waals surface area contributed by atoms with Crippen LogP contribution in [0.4, 0.5) is 5.69 Å². The second-order valence-corrected chi connectivity index (χ2v) is 11.2. The topological polar surface area (TPSA) is 93.7 Å². The summed E-state index contributed by atoms with van der Waals surface area (Å²) in [5.74, 6) is 0.668. The molecule has 0 saturated heterocycles. The van der Waals surface area contributed by atoms with E-state index in [1.807, 2.05) is 30.3 Å². The zero-order valence-corrected chi connectivity index (χ0v) is 19.4. The van der Waals surface area contributed by atoms with Crippen molar-refractivity contribution in [3.8, 4) is 11.5 Å². The number of carbonyl (C=O) groups is 1. The third-order valence-corrected chi connectivity index (χ3v) is 8.11. The van der Waals surface area contributed by atoms with E-state index >= 15 is 0 Å². The van der Waals surface area contributed by atoms with Crippen LogP contribution in [0.25, 0.3) is 0 Å². The van der Waals surface area contributed by atoms with Crippen molar-refractivity contribution in [3.63, 3.8) is 0 Å². The number of rotatable bonds is 7. The first-order chi connectivity index (χ1) is 14.9. The minimum absolute atomic E-state index is 0.129. The van der Waals surface area contributed by atoms with E-state index in [-0.39, 0.29) is 10.6 Å². The predicted molar refractivity (Wildman–Crippen MR) is 122 cm³/mol. The zero-order chi connectivity index (χ0) is 21.8. The fraction of sp³-hybridized carbons (Fsp3) is 0.190. The van der Waals surface area contributed by atoms with E-state index in [1.54, 1.807) is 24.3 Å². The number of hydrogen-bond donors (Lipinski definition) is 2. The molecule has 3 aromatic rings. The number of ether oxygens (including phenoxy) is 2. The lowest BCUT2D eigenvalue weighted by Gasteiger charge is -2.21. The van der Waals surface area contributed by atoms with Gasteiger partial charge in [-0.05, 0) is 52.2 Å². The van der Waals surface area contributed by atoms with Crippen molar-refractivity contribution in [3.05, 3.63) is 70.0 Å². The van der Waals surface area contributed by atoms with E-state index in [9.17, 15) is 13.2 Å². The molecule has 10 heteroatoms. The van der Waals surface area contributed by atoms with Gasteiger partial charge in [-0.25, -0.2) is 8.42 Å². The average Bonchev–Trinajstić information content (AvgIpc) is 3.21. The molecule has 1 aliphatic rings. The average molecular weight is 523 g/mol. The molecule has 0 unspecified atom stereocenters. The molecule has 2 N–H and O–H groups in total. The highest BCUT2D eigenvalue weighted by Crippen LogP contribution is 2.32. The van der Waals surface area contributed by atoms with E-state index < -0.39 is 22.0 Å². The molecule has 2 aromatic carbocycles. The normalized spacial score (nSPS) is 14.1. The molecule has 0 bridgehead atoms. The van der Waals surface area contributed by atoms with Crippen LogP contribution in [-0.4, -0.2) is 33.6 Å². The van der Waals surface area contributed by atoms with E-state index in [1.165, 1.54) is 6.07 Å². The molecule has 0 spiro atoms. The number of carbonyl (C=O) groups excluding carboxylic acids is 1. The van der Waals surface area contributed by atoms with Gasteiger partial charge in [-0.2, -0.15) is 4.72 Å². The highest BCUT2D eigenvalue weighted by Gasteiger charge is 2.27. The maximum atomic E-state index is 13.1. The van der Waals surface area contributed by atoms with Gasteiger partial charge in [0.1, 0.15) is 23.5 Å². The van der Waals surface area contributed by atoms with Gasteiger partial charge >= 0.3 is 0 Å². The summed E-state index contributed by atoms with van der Waals surface area (Å²) >= 11 is 4.35. The molecular weight excluding hydrogens is 504 g/mol. The van der Waals surface area contributed by atoms with Crippen molar-refractivity contribution >= 4 is 48.9 Å². The monoisotopic (exact) mass is 522 g/mol. The third kappa shape index (κ3) is 5.45. The molecule has 4 rings (SSSR count). The van der Waals surface area contributed by atoms with Crippen LogP contribution in [0.3, 0.4) is 0 Å². The number of nitrogens with one attached hydrogen (secondary N) is 2. The van der Waals surface area contributed by atoms with Gasteiger partial charge < -0.3 is 14.8 Å². The number of sulfonamides is 1. The molecular formula is C21H19BrN2O5S2. The Balaban J connectivity index is 1.56. The van der Waals surface area contributed by atoms with Crippen molar-refractivity contribution < 1.29 is 22.7 Å². The molecule has 1 atom stereocenters. The van der Waals surface area contributed by atoms with Crippen LogP contribution in [0.2, 0.25) is 0 Å². The SMILES string of the molecule is O=C(Nc1ccc2c(c1)OCCO2)[C@H](Cc1ccccc1)NS(=O)(=O)c1ccc(Br)s1. The highest BCUT2D eigenvalue weighted by atomic mass is 79.9. The Hall–Kier alpha value is -2.40. The molecule has 0 radical (unpaired) electrons. The van der Waals surface area contributed by atoms with E-state index in [0.29, 0.717) is 34.2 Å². The smallest absolute Gasteiger partial charge is 0.250 e. The highest BCUT2D eigenvalue weighted by molar-refractivity contribution is 9.11. The summed E-state index contributed by atoms with van der Waals surface area (Å²) in [7, 11) is -3.88. The van der Waals surface area contributed by atoms with Gasteiger partial charge in [0.15, 0.2) is 11.5 Å². The van der Waals surface area contributed by atoms with Gasteiger partial charge in [0.2, 0.25) is 5.91 Å². The van der Waals surface area contributed by atoms with E-state index in [4.69, 9.17) is 9.47 Å². The summed E-state index contributed by atoms with van der Waals surface area (Å²) in [4.78, 5) is 13.1. The number of amides is 1. The van der Waals surface area contributed by atoms with Crippen LogP contribution in [0, 0.1) is 0 Å². The van der Waals surface area contributed by atoms with Gasteiger partial charge in [-0.3, -0.25) is 4.79 Å². The van der Waals surface area contributed by atoms with Gasteiger partial charge in [-0.1, -0.05) is 30.3 Å². The Labute approximate surface area is 192 Å². The van der Waals surface area contributed by atoms with Gasteiger partial charge in [0.05, 0.1) is 3.79 Å². The fourth-order valence-electron chi connectivity index (χ4n) is 3.08. The molecule has 7 nitrogen and oxygen atoms in total. The van der Waals surface area contributed by atoms with Gasteiger partial charge in [0, 0.05) is 11.8 Å². The van der Waals surface area contributed by atoms with E-state index in [2.05, 4.69) is 26.0 Å². The summed E-state index contributed by atoms with van der Waals surface area (Å²) in [6, 6.07) is 16.4. The molecule has 162 valence electrons. The Morgan fingerprint density at radius 2 is 1.77 bits per heavy atom. The predicted octanol–water partition coefficient (Wildman–Crippen LogP) is 3.81. The van der Waals surface area contributed by atoms with Crippen molar-refractivity contribution in [2.45, 2.75) is 16.7 Å². The number of thiophene rings is 1. The molecule has 0 saturated carbocycles. The second kappa shape index (κ2) is 9.39. The lowest BCUT2D eigenvalue weighted by atomic mass is 10.1. The van der Waals surface area contributed by atoms with Crippen LogP contribution in [0.5, 0.6) is 11.5 Å². The summed E-state index contributed by atoms with van der Waals surface area (Å²) < 4.78 is 40.1. The number of halogens is 1. The van der Waals surface area contributed by atoms with Crippen LogP contribution >= 0.6 is 27.3 Å². The van der Waals surface area contributed by atoms with Crippen molar-refractivity contribution in [1.82, 2.24) is 4.72 Å². The third-order valence-electron chi connectivity index (χ3n) is 4.52. The number of hydrogen-bond acceptors (Lipinski definition) is 6. The fourth-order valence-corrected chi connectivity index (χ4v) is 6.30. The van der Waals surface area contributed by atoms with Crippen molar-refractivity contribution in [2.75, 3.05) is 18.5 Å². The first-order valence-electron chi connectivity index (χ1n) is 9.43. The molecule has 2 heterocycles. The first kappa shape index (κ1) is 21.8. The molecule has 31 heavy (non-hydrogen) atoms. The Morgan fingerprint density at radius 1 is 1.03 bits per heavy atom. The maximum absolute atomic E-state index is 13.1. The first-order valence-corrected chi connectivity index (χ1v) is 12.5. The lowest BCUT2D eigenvalue weighted by molar-refractivity contribution is -0.117. The maximum Gasteiger partial charge on any atom is 0.250 e. The van der Waals surface area contributed by atoms with Gasteiger partial charge in [0.25, 0.3) is 10.0 Å². The van der Waals surface area contributed by atoms with E-state index in [0.717, 1.165) is 16.9 Å². The summed E-state index contributed by atoms with van der Waals surface area (Å²) in [6.45, 7) is 0.898. The zero-order valence-electron chi connectivity index (χ0n) is 16.2. The summed E-state index contributed by atoms with van der Waals surface area (Å²) in [5, 5.41) is 2.78. The second-order valence-electron chi connectivity index (χ2n) is 6.77. The molecule has 1 amide bonds. The number of anilines is 1. The lowest BCUT2D eigenvalue weighted by Crippen LogP contribution is -2.45. The van der Waals surface area contributed by atoms with Crippen molar-refractivity contribution in [1.29, 1.82) is 0 Å². The van der Waals surface area contributed by atoms with Crippen LogP contribution in [0.1, 0.15) is 5.56 Å². The minimum Gasteiger partial charge on any atom is -0.486 e. The van der Waals surface area contributed by atoms with Crippen LogP contribution in [-0.2, 0) is 21.2 Å². The Morgan fingerprint density at radius 3 is 2.48 bits per heavy atom. The standard InChI is InChI=1S/C21H19BrN2O5S2/c22-19-8-9-20(30-19)31(26,27)24-16(12-14-4-2-1-3-5-14)21(25)23-15-6-7-17-18(13-15)29-11-10-28-17/h1-9,13,16,24H,10-12H2,(H,23,25)/t16-/m0/s1. The molecule has 0 aliphatic carbocycles. The van der Waals surface area contributed by atoms with Gasteiger partial charge in [-0.15, -0.1) is 11.3 Å². The summed E-state index contributed by atoms with van der Waals surface area (Å²) in [5.41, 5.74) is 1.32. The number of benzene rings is 2. The molecule has 1 aliphatic heterocycles. The largest absolute Gasteiger partial charge is 0.486 e.